The molecule has 1 saturated heterocycles. The van der Waals surface area contributed by atoms with E-state index in [0.29, 0.717) is 41.3 Å². The fourth-order valence-electron chi connectivity index (χ4n) is 3.62. The molecule has 0 spiro atoms. The Balaban J connectivity index is 1.37. The van der Waals surface area contributed by atoms with Gasteiger partial charge in [0, 0.05) is 17.1 Å². The van der Waals surface area contributed by atoms with Crippen molar-refractivity contribution < 1.29 is 14.1 Å². The molecule has 1 aliphatic heterocycles. The van der Waals surface area contributed by atoms with Crippen molar-refractivity contribution in [3.63, 3.8) is 0 Å². The third-order valence-corrected chi connectivity index (χ3v) is 5.42. The number of halogens is 1. The number of carbonyl (C=O) groups is 1. The Hall–Kier alpha value is -2.90. The normalized spacial score (nSPS) is 16.9. The summed E-state index contributed by atoms with van der Waals surface area (Å²) in [5.41, 5.74) is 1.54. The van der Waals surface area contributed by atoms with Gasteiger partial charge < -0.3 is 14.6 Å². The zero-order chi connectivity index (χ0) is 20.9. The molecule has 156 valence electrons. The summed E-state index contributed by atoms with van der Waals surface area (Å²) in [7, 11) is 1.59. The first-order valence-corrected chi connectivity index (χ1v) is 10.2. The van der Waals surface area contributed by atoms with Gasteiger partial charge in [-0.15, -0.1) is 0 Å². The van der Waals surface area contributed by atoms with Crippen LogP contribution in [0.5, 0.6) is 5.75 Å². The number of piperidine rings is 1. The van der Waals surface area contributed by atoms with Gasteiger partial charge >= 0.3 is 0 Å². The number of likely N-dealkylation sites (tertiary alicyclic amines) is 1. The highest BCUT2D eigenvalue weighted by molar-refractivity contribution is 6.30. The Kier molecular flexibility index (Phi) is 6.30. The van der Waals surface area contributed by atoms with Crippen molar-refractivity contribution in [3.8, 4) is 17.1 Å². The average Bonchev–Trinajstić information content (AvgIpc) is 3.23. The molecule has 7 nitrogen and oxygen atoms in total. The SMILES string of the molecule is COc1ccccc1NC(=O)C1CCCN(Cc2nc(-c3ccc(Cl)cc3)no2)C1. The molecule has 30 heavy (non-hydrogen) atoms. The van der Waals surface area contributed by atoms with Crippen molar-refractivity contribution in [3.05, 3.63) is 59.4 Å². The lowest BCUT2D eigenvalue weighted by Gasteiger charge is -2.31. The van der Waals surface area contributed by atoms with Crippen LogP contribution < -0.4 is 10.1 Å². The first-order chi connectivity index (χ1) is 14.6. The van der Waals surface area contributed by atoms with Crippen LogP contribution in [0.15, 0.2) is 53.1 Å². The first kappa shape index (κ1) is 20.4. The number of nitrogens with one attached hydrogen (secondary N) is 1. The molecule has 0 bridgehead atoms. The maximum absolute atomic E-state index is 12.8. The molecule has 2 aromatic carbocycles. The summed E-state index contributed by atoms with van der Waals surface area (Å²) in [6.45, 7) is 2.04. The zero-order valence-corrected chi connectivity index (χ0v) is 17.4. The van der Waals surface area contributed by atoms with Crippen LogP contribution >= 0.6 is 11.6 Å². The first-order valence-electron chi connectivity index (χ1n) is 9.87. The van der Waals surface area contributed by atoms with Crippen LogP contribution in [-0.2, 0) is 11.3 Å². The minimum absolute atomic E-state index is 0.00316. The van der Waals surface area contributed by atoms with Crippen LogP contribution in [0.4, 0.5) is 5.69 Å². The van der Waals surface area contributed by atoms with Crippen LogP contribution in [-0.4, -0.2) is 41.1 Å². The number of ether oxygens (including phenoxy) is 1. The van der Waals surface area contributed by atoms with E-state index in [1.54, 1.807) is 19.2 Å². The molecule has 0 radical (unpaired) electrons. The number of rotatable bonds is 6. The monoisotopic (exact) mass is 426 g/mol. The number of nitrogens with zero attached hydrogens (tertiary/aromatic N) is 3. The predicted molar refractivity (Wildman–Crippen MR) is 114 cm³/mol. The van der Waals surface area contributed by atoms with Crippen LogP contribution in [0.2, 0.25) is 5.02 Å². The Morgan fingerprint density at radius 1 is 1.27 bits per heavy atom. The number of para-hydroxylation sites is 2. The number of benzene rings is 2. The van der Waals surface area contributed by atoms with E-state index < -0.39 is 0 Å². The zero-order valence-electron chi connectivity index (χ0n) is 16.7. The summed E-state index contributed by atoms with van der Waals surface area (Å²) in [6.07, 6.45) is 1.78. The van der Waals surface area contributed by atoms with E-state index in [4.69, 9.17) is 20.9 Å². The lowest BCUT2D eigenvalue weighted by atomic mass is 9.97. The molecule has 1 N–H and O–H groups in total. The second kappa shape index (κ2) is 9.28. The largest absolute Gasteiger partial charge is 0.495 e. The number of methoxy groups -OCH3 is 1. The summed E-state index contributed by atoms with van der Waals surface area (Å²) in [4.78, 5) is 19.5. The van der Waals surface area contributed by atoms with E-state index >= 15 is 0 Å². The molecule has 3 aromatic rings. The van der Waals surface area contributed by atoms with Gasteiger partial charge in [-0.1, -0.05) is 28.9 Å². The lowest BCUT2D eigenvalue weighted by molar-refractivity contribution is -0.121. The highest BCUT2D eigenvalue weighted by Gasteiger charge is 2.27. The fourth-order valence-corrected chi connectivity index (χ4v) is 3.75. The van der Waals surface area contributed by atoms with Crippen LogP contribution in [0.25, 0.3) is 11.4 Å². The van der Waals surface area contributed by atoms with Gasteiger partial charge in [0.05, 0.1) is 25.3 Å². The summed E-state index contributed by atoms with van der Waals surface area (Å²) in [5.74, 6) is 1.60. The maximum Gasteiger partial charge on any atom is 0.241 e. The molecule has 1 aliphatic rings. The van der Waals surface area contributed by atoms with Gasteiger partial charge in [-0.2, -0.15) is 4.98 Å². The third kappa shape index (κ3) is 4.80. The summed E-state index contributed by atoms with van der Waals surface area (Å²) in [6, 6.07) is 14.7. The van der Waals surface area contributed by atoms with Crippen molar-refractivity contribution in [2.75, 3.05) is 25.5 Å². The van der Waals surface area contributed by atoms with Crippen LogP contribution in [0, 0.1) is 5.92 Å². The molecular weight excluding hydrogens is 404 g/mol. The van der Waals surface area contributed by atoms with E-state index in [1.807, 2.05) is 36.4 Å². The molecule has 0 aliphatic carbocycles. The van der Waals surface area contributed by atoms with Gasteiger partial charge in [0.15, 0.2) is 0 Å². The minimum atomic E-state index is -0.109. The number of hydrogen-bond donors (Lipinski definition) is 1. The van der Waals surface area contributed by atoms with E-state index in [1.165, 1.54) is 0 Å². The van der Waals surface area contributed by atoms with Gasteiger partial charge in [-0.25, -0.2) is 0 Å². The van der Waals surface area contributed by atoms with Gasteiger partial charge in [-0.05, 0) is 55.8 Å². The second-order valence-electron chi connectivity index (χ2n) is 7.28. The van der Waals surface area contributed by atoms with Crippen molar-refractivity contribution in [1.29, 1.82) is 0 Å². The number of anilines is 1. The predicted octanol–water partition coefficient (Wildman–Crippen LogP) is 4.25. The summed E-state index contributed by atoms with van der Waals surface area (Å²) >= 11 is 5.93. The van der Waals surface area contributed by atoms with Crippen LogP contribution in [0.3, 0.4) is 0 Å². The molecule has 2 heterocycles. The molecule has 1 unspecified atom stereocenters. The van der Waals surface area contributed by atoms with E-state index in [2.05, 4.69) is 20.4 Å². The van der Waals surface area contributed by atoms with Gasteiger partial charge in [-0.3, -0.25) is 9.69 Å². The fraction of sp³-hybridized carbons (Fsp3) is 0.318. The van der Waals surface area contributed by atoms with Gasteiger partial charge in [0.1, 0.15) is 5.75 Å². The number of aromatic nitrogens is 2. The summed E-state index contributed by atoms with van der Waals surface area (Å²) < 4.78 is 10.7. The molecule has 1 atom stereocenters. The third-order valence-electron chi connectivity index (χ3n) is 5.17. The quantitative estimate of drug-likeness (QED) is 0.634. The highest BCUT2D eigenvalue weighted by Crippen LogP contribution is 2.26. The smallest absolute Gasteiger partial charge is 0.241 e. The molecule has 1 amide bonds. The van der Waals surface area contributed by atoms with Crippen molar-refractivity contribution in [2.45, 2.75) is 19.4 Å². The van der Waals surface area contributed by atoms with Crippen molar-refractivity contribution >= 4 is 23.2 Å². The Labute approximate surface area is 180 Å². The standard InChI is InChI=1S/C22H23ClN4O3/c1-29-19-7-3-2-6-18(19)24-22(28)16-5-4-12-27(13-16)14-20-25-21(26-30-20)15-8-10-17(23)11-9-15/h2-3,6-11,16H,4-5,12-14H2,1H3,(H,24,28). The number of carbonyl (C=O) groups excluding carboxylic acids is 1. The number of amides is 1. The van der Waals surface area contributed by atoms with Gasteiger partial charge in [0.2, 0.25) is 17.6 Å². The lowest BCUT2D eigenvalue weighted by Crippen LogP contribution is -2.40. The molecule has 1 fully saturated rings. The Bertz CT molecular complexity index is 1010. The molecule has 1 aromatic heterocycles. The Morgan fingerprint density at radius 2 is 2.07 bits per heavy atom. The van der Waals surface area contributed by atoms with Crippen molar-refractivity contribution in [2.24, 2.45) is 5.92 Å². The molecule has 8 heteroatoms. The van der Waals surface area contributed by atoms with E-state index in [-0.39, 0.29) is 11.8 Å². The van der Waals surface area contributed by atoms with E-state index in [0.717, 1.165) is 24.9 Å². The second-order valence-corrected chi connectivity index (χ2v) is 7.72. The Morgan fingerprint density at radius 3 is 2.87 bits per heavy atom. The molecule has 4 rings (SSSR count). The minimum Gasteiger partial charge on any atom is -0.495 e. The molecular formula is C22H23ClN4O3. The van der Waals surface area contributed by atoms with Crippen LogP contribution in [0.1, 0.15) is 18.7 Å². The number of hydrogen-bond acceptors (Lipinski definition) is 6. The van der Waals surface area contributed by atoms with Gasteiger partial charge in [0.25, 0.3) is 0 Å². The average molecular weight is 427 g/mol. The summed E-state index contributed by atoms with van der Waals surface area (Å²) in [5, 5.41) is 7.71. The van der Waals surface area contributed by atoms with E-state index in [9.17, 15) is 4.79 Å². The molecule has 0 saturated carbocycles. The van der Waals surface area contributed by atoms with Crippen molar-refractivity contribution in [1.82, 2.24) is 15.0 Å². The topological polar surface area (TPSA) is 80.5 Å². The maximum atomic E-state index is 12.8. The highest BCUT2D eigenvalue weighted by atomic mass is 35.5.